The Hall–Kier alpha value is -3.34. The molecule has 5 heteroatoms. The molecule has 2 heterocycles. The summed E-state index contributed by atoms with van der Waals surface area (Å²) in [5, 5.41) is 3.78. The first kappa shape index (κ1) is 15.2. The SMILES string of the molecule is Cn1c(-c2ccccc2)cnc1CNC(=O)c1cc2ccccc2o1. The smallest absolute Gasteiger partial charge is 0.287 e. The number of furan rings is 1. The van der Waals surface area contributed by atoms with Crippen molar-refractivity contribution in [2.45, 2.75) is 6.54 Å². The van der Waals surface area contributed by atoms with E-state index in [4.69, 9.17) is 4.42 Å². The molecule has 0 aliphatic heterocycles. The number of rotatable bonds is 4. The normalized spacial score (nSPS) is 10.9. The van der Waals surface area contributed by atoms with Crippen molar-refractivity contribution in [1.82, 2.24) is 14.9 Å². The molecule has 2 aromatic carbocycles. The minimum Gasteiger partial charge on any atom is -0.451 e. The van der Waals surface area contributed by atoms with Gasteiger partial charge in [0.1, 0.15) is 11.4 Å². The van der Waals surface area contributed by atoms with E-state index in [1.54, 1.807) is 6.07 Å². The first-order valence-corrected chi connectivity index (χ1v) is 8.05. The molecule has 25 heavy (non-hydrogen) atoms. The van der Waals surface area contributed by atoms with Gasteiger partial charge in [0.2, 0.25) is 0 Å². The van der Waals surface area contributed by atoms with Crippen LogP contribution in [0.15, 0.2) is 71.3 Å². The molecule has 0 saturated carbocycles. The highest BCUT2D eigenvalue weighted by Gasteiger charge is 2.14. The molecule has 0 aliphatic rings. The molecule has 0 fully saturated rings. The number of carbonyl (C=O) groups excluding carboxylic acids is 1. The molecule has 2 aromatic heterocycles. The summed E-state index contributed by atoms with van der Waals surface area (Å²) in [6.45, 7) is 0.333. The monoisotopic (exact) mass is 331 g/mol. The van der Waals surface area contributed by atoms with Gasteiger partial charge in [0.15, 0.2) is 5.76 Å². The van der Waals surface area contributed by atoms with Crippen molar-refractivity contribution in [3.05, 3.63) is 78.4 Å². The average molecular weight is 331 g/mol. The quantitative estimate of drug-likeness (QED) is 0.619. The van der Waals surface area contributed by atoms with E-state index < -0.39 is 0 Å². The van der Waals surface area contributed by atoms with Gasteiger partial charge in [-0.05, 0) is 17.7 Å². The maximum atomic E-state index is 12.3. The van der Waals surface area contributed by atoms with E-state index in [1.165, 1.54) is 0 Å². The minimum atomic E-state index is -0.250. The summed E-state index contributed by atoms with van der Waals surface area (Å²) in [6.07, 6.45) is 1.82. The third-order valence-electron chi connectivity index (χ3n) is 4.21. The lowest BCUT2D eigenvalue weighted by Gasteiger charge is -2.07. The van der Waals surface area contributed by atoms with E-state index in [0.29, 0.717) is 17.9 Å². The number of amides is 1. The zero-order valence-electron chi connectivity index (χ0n) is 13.8. The number of benzene rings is 2. The molecule has 1 amide bonds. The standard InChI is InChI=1S/C20H17N3O2/c1-23-16(14-7-3-2-4-8-14)12-21-19(23)13-22-20(24)18-11-15-9-5-6-10-17(15)25-18/h2-12H,13H2,1H3,(H,22,24). The van der Waals surface area contributed by atoms with Gasteiger partial charge in [0.05, 0.1) is 18.4 Å². The van der Waals surface area contributed by atoms with Crippen LogP contribution in [0.5, 0.6) is 0 Å². The summed E-state index contributed by atoms with van der Waals surface area (Å²) in [6, 6.07) is 19.3. The molecule has 4 rings (SSSR count). The molecule has 5 nitrogen and oxygen atoms in total. The number of hydrogen-bond donors (Lipinski definition) is 1. The Morgan fingerprint density at radius 1 is 1.12 bits per heavy atom. The first-order valence-electron chi connectivity index (χ1n) is 8.05. The number of para-hydroxylation sites is 1. The van der Waals surface area contributed by atoms with Crippen molar-refractivity contribution in [1.29, 1.82) is 0 Å². The minimum absolute atomic E-state index is 0.250. The van der Waals surface area contributed by atoms with Crippen molar-refractivity contribution in [2.24, 2.45) is 7.05 Å². The lowest BCUT2D eigenvalue weighted by atomic mass is 10.2. The third kappa shape index (κ3) is 2.92. The summed E-state index contributed by atoms with van der Waals surface area (Å²) < 4.78 is 7.56. The van der Waals surface area contributed by atoms with Crippen molar-refractivity contribution in [3.63, 3.8) is 0 Å². The van der Waals surface area contributed by atoms with Crippen LogP contribution < -0.4 is 5.32 Å². The molecule has 0 atom stereocenters. The van der Waals surface area contributed by atoms with Crippen LogP contribution in [-0.4, -0.2) is 15.5 Å². The second kappa shape index (κ2) is 6.28. The van der Waals surface area contributed by atoms with Crippen LogP contribution in [0.25, 0.3) is 22.2 Å². The van der Waals surface area contributed by atoms with Crippen LogP contribution in [0.1, 0.15) is 16.4 Å². The second-order valence-electron chi connectivity index (χ2n) is 5.82. The summed E-state index contributed by atoms with van der Waals surface area (Å²) in [5.41, 5.74) is 2.80. The number of carbonyl (C=O) groups is 1. The van der Waals surface area contributed by atoms with Crippen molar-refractivity contribution < 1.29 is 9.21 Å². The molecule has 124 valence electrons. The predicted octanol–water partition coefficient (Wildman–Crippen LogP) is 3.76. The number of hydrogen-bond acceptors (Lipinski definition) is 3. The maximum Gasteiger partial charge on any atom is 0.287 e. The Labute approximate surface area is 144 Å². The molecular formula is C20H17N3O2. The summed E-state index contributed by atoms with van der Waals surface area (Å²) in [5.74, 6) is 0.836. The zero-order chi connectivity index (χ0) is 17.2. The van der Waals surface area contributed by atoms with Gasteiger partial charge in [-0.3, -0.25) is 4.79 Å². The third-order valence-corrected chi connectivity index (χ3v) is 4.21. The highest BCUT2D eigenvalue weighted by Crippen LogP contribution is 2.20. The topological polar surface area (TPSA) is 60.1 Å². The van der Waals surface area contributed by atoms with Crippen LogP contribution >= 0.6 is 0 Å². The molecule has 0 saturated heterocycles. The second-order valence-corrected chi connectivity index (χ2v) is 5.82. The number of aromatic nitrogens is 2. The van der Waals surface area contributed by atoms with Gasteiger partial charge >= 0.3 is 0 Å². The van der Waals surface area contributed by atoms with E-state index in [2.05, 4.69) is 10.3 Å². The van der Waals surface area contributed by atoms with Crippen LogP contribution in [-0.2, 0) is 13.6 Å². The lowest BCUT2D eigenvalue weighted by molar-refractivity contribution is 0.0924. The molecule has 0 unspecified atom stereocenters. The highest BCUT2D eigenvalue weighted by molar-refractivity contribution is 5.95. The van der Waals surface area contributed by atoms with Crippen LogP contribution in [0.4, 0.5) is 0 Å². The molecular weight excluding hydrogens is 314 g/mol. The van der Waals surface area contributed by atoms with Gasteiger partial charge in [-0.15, -0.1) is 0 Å². The fraction of sp³-hybridized carbons (Fsp3) is 0.100. The van der Waals surface area contributed by atoms with Crippen LogP contribution in [0.3, 0.4) is 0 Å². The van der Waals surface area contributed by atoms with Crippen LogP contribution in [0, 0.1) is 0 Å². The van der Waals surface area contributed by atoms with Gasteiger partial charge in [0, 0.05) is 12.4 Å². The van der Waals surface area contributed by atoms with Crippen molar-refractivity contribution in [2.75, 3.05) is 0 Å². The Kier molecular flexibility index (Phi) is 3.82. The van der Waals surface area contributed by atoms with E-state index in [1.807, 2.05) is 72.4 Å². The van der Waals surface area contributed by atoms with E-state index >= 15 is 0 Å². The van der Waals surface area contributed by atoms with Gasteiger partial charge < -0.3 is 14.3 Å². The van der Waals surface area contributed by atoms with Crippen molar-refractivity contribution >= 4 is 16.9 Å². The lowest BCUT2D eigenvalue weighted by Crippen LogP contribution is -2.24. The number of imidazole rings is 1. The van der Waals surface area contributed by atoms with Crippen LogP contribution in [0.2, 0.25) is 0 Å². The number of nitrogens with zero attached hydrogens (tertiary/aromatic N) is 2. The van der Waals surface area contributed by atoms with Gasteiger partial charge in [-0.1, -0.05) is 48.5 Å². The Morgan fingerprint density at radius 3 is 2.68 bits per heavy atom. The zero-order valence-corrected chi connectivity index (χ0v) is 13.8. The number of fused-ring (bicyclic) bond motifs is 1. The Balaban J connectivity index is 1.50. The molecule has 1 N–H and O–H groups in total. The van der Waals surface area contributed by atoms with Gasteiger partial charge in [-0.25, -0.2) is 4.98 Å². The molecule has 0 aliphatic carbocycles. The molecule has 4 aromatic rings. The number of nitrogens with one attached hydrogen (secondary N) is 1. The average Bonchev–Trinajstić information content (AvgIpc) is 3.24. The highest BCUT2D eigenvalue weighted by atomic mass is 16.3. The largest absolute Gasteiger partial charge is 0.451 e. The van der Waals surface area contributed by atoms with E-state index in [9.17, 15) is 4.79 Å². The summed E-state index contributed by atoms with van der Waals surface area (Å²) in [7, 11) is 1.94. The van der Waals surface area contributed by atoms with E-state index in [-0.39, 0.29) is 5.91 Å². The first-order chi connectivity index (χ1) is 12.2. The fourth-order valence-electron chi connectivity index (χ4n) is 2.83. The molecule has 0 bridgehead atoms. The molecule has 0 spiro atoms. The van der Waals surface area contributed by atoms with Crippen molar-refractivity contribution in [3.8, 4) is 11.3 Å². The predicted molar refractivity (Wildman–Crippen MR) is 96.0 cm³/mol. The fourth-order valence-corrected chi connectivity index (χ4v) is 2.83. The van der Waals surface area contributed by atoms with Gasteiger partial charge in [0.25, 0.3) is 5.91 Å². The molecule has 0 radical (unpaired) electrons. The maximum absolute atomic E-state index is 12.3. The van der Waals surface area contributed by atoms with Gasteiger partial charge in [-0.2, -0.15) is 0 Å². The van der Waals surface area contributed by atoms with E-state index in [0.717, 1.165) is 22.5 Å². The summed E-state index contributed by atoms with van der Waals surface area (Å²) >= 11 is 0. The Morgan fingerprint density at radius 2 is 1.88 bits per heavy atom. The summed E-state index contributed by atoms with van der Waals surface area (Å²) in [4.78, 5) is 16.8. The Bertz CT molecular complexity index is 998.